The lowest BCUT2D eigenvalue weighted by Gasteiger charge is -2.23. The quantitative estimate of drug-likeness (QED) is 0.863. The van der Waals surface area contributed by atoms with Crippen molar-refractivity contribution in [1.82, 2.24) is 9.88 Å². The van der Waals surface area contributed by atoms with Crippen LogP contribution in [0.3, 0.4) is 0 Å². The maximum atomic E-state index is 13.9. The van der Waals surface area contributed by atoms with Gasteiger partial charge in [-0.3, -0.25) is 9.59 Å². The Hall–Kier alpha value is -1.80. The van der Waals surface area contributed by atoms with E-state index in [1.165, 1.54) is 34.4 Å². The number of thiazole rings is 1. The lowest BCUT2D eigenvalue weighted by Crippen LogP contribution is -2.43. The molecule has 1 atom stereocenters. The largest absolute Gasteiger partial charge is 0.327 e. The Morgan fingerprint density at radius 3 is 3.00 bits per heavy atom. The van der Waals surface area contributed by atoms with Crippen LogP contribution >= 0.6 is 27.3 Å². The highest BCUT2D eigenvalue weighted by Crippen LogP contribution is 2.24. The molecule has 3 rings (SSSR count). The SMILES string of the molecule is O=C(Nc1nccs1)[C@@H]1CCCN1C(=O)c1cc(Br)ccc1F. The molecule has 0 radical (unpaired) electrons. The van der Waals surface area contributed by atoms with Gasteiger partial charge in [0.05, 0.1) is 5.56 Å². The fourth-order valence-electron chi connectivity index (χ4n) is 2.57. The predicted molar refractivity (Wildman–Crippen MR) is 88.9 cm³/mol. The van der Waals surface area contributed by atoms with E-state index in [0.717, 1.165) is 0 Å². The minimum atomic E-state index is -0.607. The van der Waals surface area contributed by atoms with Gasteiger partial charge in [0.25, 0.3) is 5.91 Å². The van der Waals surface area contributed by atoms with Crippen LogP contribution in [0.5, 0.6) is 0 Å². The number of anilines is 1. The highest BCUT2D eigenvalue weighted by Gasteiger charge is 2.35. The average Bonchev–Trinajstić information content (AvgIpc) is 3.20. The van der Waals surface area contributed by atoms with Crippen molar-refractivity contribution in [3.63, 3.8) is 0 Å². The van der Waals surface area contributed by atoms with Gasteiger partial charge in [-0.1, -0.05) is 15.9 Å². The van der Waals surface area contributed by atoms with E-state index in [1.54, 1.807) is 11.6 Å². The van der Waals surface area contributed by atoms with Crippen LogP contribution in [0.4, 0.5) is 9.52 Å². The monoisotopic (exact) mass is 397 g/mol. The van der Waals surface area contributed by atoms with Crippen LogP contribution in [-0.2, 0) is 4.79 Å². The van der Waals surface area contributed by atoms with Crippen molar-refractivity contribution in [2.24, 2.45) is 0 Å². The molecule has 120 valence electrons. The third-order valence-corrected chi connectivity index (χ3v) is 4.82. The number of carbonyl (C=O) groups excluding carboxylic acids is 2. The Balaban J connectivity index is 1.79. The van der Waals surface area contributed by atoms with E-state index in [0.29, 0.717) is 29.0 Å². The topological polar surface area (TPSA) is 62.3 Å². The molecule has 2 aromatic rings. The second-order valence-electron chi connectivity index (χ2n) is 5.11. The summed E-state index contributed by atoms with van der Waals surface area (Å²) in [6.45, 7) is 0.431. The minimum Gasteiger partial charge on any atom is -0.327 e. The summed E-state index contributed by atoms with van der Waals surface area (Å²) in [5.41, 5.74) is -0.0340. The molecule has 1 aliphatic heterocycles. The van der Waals surface area contributed by atoms with Crippen molar-refractivity contribution in [2.45, 2.75) is 18.9 Å². The molecule has 1 aromatic heterocycles. The summed E-state index contributed by atoms with van der Waals surface area (Å²) in [7, 11) is 0. The highest BCUT2D eigenvalue weighted by atomic mass is 79.9. The van der Waals surface area contributed by atoms with Crippen molar-refractivity contribution >= 4 is 44.2 Å². The summed E-state index contributed by atoms with van der Waals surface area (Å²) >= 11 is 4.54. The fourth-order valence-corrected chi connectivity index (χ4v) is 3.47. The molecule has 0 bridgehead atoms. The van der Waals surface area contributed by atoms with Gasteiger partial charge >= 0.3 is 0 Å². The summed E-state index contributed by atoms with van der Waals surface area (Å²) < 4.78 is 14.5. The van der Waals surface area contributed by atoms with Crippen molar-refractivity contribution < 1.29 is 14.0 Å². The van der Waals surface area contributed by atoms with E-state index in [-0.39, 0.29) is 11.5 Å². The molecule has 1 aromatic carbocycles. The van der Waals surface area contributed by atoms with Gasteiger partial charge in [0, 0.05) is 22.6 Å². The zero-order valence-electron chi connectivity index (χ0n) is 12.0. The van der Waals surface area contributed by atoms with Crippen molar-refractivity contribution in [2.75, 3.05) is 11.9 Å². The lowest BCUT2D eigenvalue weighted by molar-refractivity contribution is -0.119. The number of nitrogens with one attached hydrogen (secondary N) is 1. The molecule has 2 amide bonds. The summed E-state index contributed by atoms with van der Waals surface area (Å²) in [6, 6.07) is 3.59. The summed E-state index contributed by atoms with van der Waals surface area (Å²) in [4.78, 5) is 30.4. The lowest BCUT2D eigenvalue weighted by atomic mass is 10.1. The maximum absolute atomic E-state index is 13.9. The van der Waals surface area contributed by atoms with Gasteiger partial charge in [0.2, 0.25) is 5.91 Å². The zero-order valence-corrected chi connectivity index (χ0v) is 14.4. The number of likely N-dealkylation sites (tertiary alicyclic amines) is 1. The van der Waals surface area contributed by atoms with E-state index in [1.807, 2.05) is 0 Å². The molecule has 1 fully saturated rings. The Bertz CT molecular complexity index is 738. The number of nitrogens with zero attached hydrogens (tertiary/aromatic N) is 2. The summed E-state index contributed by atoms with van der Waals surface area (Å²) in [6.07, 6.45) is 2.85. The molecule has 0 spiro atoms. The number of aromatic nitrogens is 1. The molecule has 0 saturated carbocycles. The second-order valence-corrected chi connectivity index (χ2v) is 6.92. The molecule has 0 aliphatic carbocycles. The third kappa shape index (κ3) is 3.42. The Morgan fingerprint density at radius 2 is 2.26 bits per heavy atom. The van der Waals surface area contributed by atoms with Gasteiger partial charge < -0.3 is 10.2 Å². The van der Waals surface area contributed by atoms with Crippen molar-refractivity contribution in [3.8, 4) is 0 Å². The molecule has 23 heavy (non-hydrogen) atoms. The maximum Gasteiger partial charge on any atom is 0.257 e. The summed E-state index contributed by atoms with van der Waals surface area (Å²) in [5.74, 6) is -1.36. The molecule has 1 N–H and O–H groups in total. The van der Waals surface area contributed by atoms with E-state index in [4.69, 9.17) is 0 Å². The number of benzene rings is 1. The van der Waals surface area contributed by atoms with E-state index in [9.17, 15) is 14.0 Å². The summed E-state index contributed by atoms with van der Waals surface area (Å²) in [5, 5.41) is 4.94. The van der Waals surface area contributed by atoms with Crippen molar-refractivity contribution in [1.29, 1.82) is 0 Å². The smallest absolute Gasteiger partial charge is 0.257 e. The number of hydrogen-bond donors (Lipinski definition) is 1. The highest BCUT2D eigenvalue weighted by molar-refractivity contribution is 9.10. The first-order chi connectivity index (χ1) is 11.1. The molecular weight excluding hydrogens is 385 g/mol. The van der Waals surface area contributed by atoms with Crippen LogP contribution in [0.1, 0.15) is 23.2 Å². The molecular formula is C15H13BrFN3O2S. The van der Waals surface area contributed by atoms with Gasteiger partial charge in [-0.25, -0.2) is 9.37 Å². The number of hydrogen-bond acceptors (Lipinski definition) is 4. The molecule has 5 nitrogen and oxygen atoms in total. The third-order valence-electron chi connectivity index (χ3n) is 3.64. The Kier molecular flexibility index (Phi) is 4.72. The number of halogens is 2. The first-order valence-electron chi connectivity index (χ1n) is 7.02. The van der Waals surface area contributed by atoms with Gasteiger partial charge in [0.1, 0.15) is 11.9 Å². The molecule has 8 heteroatoms. The minimum absolute atomic E-state index is 0.0340. The first-order valence-corrected chi connectivity index (χ1v) is 8.70. The zero-order chi connectivity index (χ0) is 16.4. The van der Waals surface area contributed by atoms with Gasteiger partial charge in [0.15, 0.2) is 5.13 Å². The second kappa shape index (κ2) is 6.76. The Labute approximate surface area is 144 Å². The van der Waals surface area contributed by atoms with Gasteiger partial charge in [-0.2, -0.15) is 0 Å². The molecule has 1 saturated heterocycles. The van der Waals surface area contributed by atoms with E-state index >= 15 is 0 Å². The van der Waals surface area contributed by atoms with Crippen LogP contribution < -0.4 is 5.32 Å². The molecule has 1 aliphatic rings. The van der Waals surface area contributed by atoms with Crippen LogP contribution in [0.25, 0.3) is 0 Å². The van der Waals surface area contributed by atoms with Crippen LogP contribution in [0.15, 0.2) is 34.2 Å². The van der Waals surface area contributed by atoms with E-state index < -0.39 is 17.8 Å². The van der Waals surface area contributed by atoms with Gasteiger partial charge in [-0.05, 0) is 31.0 Å². The number of amides is 2. The Morgan fingerprint density at radius 1 is 1.43 bits per heavy atom. The number of carbonyl (C=O) groups is 2. The first kappa shape index (κ1) is 16.1. The predicted octanol–water partition coefficient (Wildman–Crippen LogP) is 3.29. The fraction of sp³-hybridized carbons (Fsp3) is 0.267. The van der Waals surface area contributed by atoms with E-state index in [2.05, 4.69) is 26.2 Å². The van der Waals surface area contributed by atoms with Crippen LogP contribution in [-0.4, -0.2) is 34.3 Å². The molecule has 2 heterocycles. The normalized spacial score (nSPS) is 17.3. The van der Waals surface area contributed by atoms with Gasteiger partial charge in [-0.15, -0.1) is 11.3 Å². The molecule has 0 unspecified atom stereocenters. The van der Waals surface area contributed by atoms with Crippen LogP contribution in [0, 0.1) is 5.82 Å². The standard InChI is InChI=1S/C15H13BrFN3O2S/c16-9-3-4-11(17)10(8-9)14(22)20-6-1-2-12(20)13(21)19-15-18-5-7-23-15/h3-5,7-8,12H,1-2,6H2,(H,18,19,21)/t12-/m0/s1. The average molecular weight is 398 g/mol. The van der Waals surface area contributed by atoms with Crippen LogP contribution in [0.2, 0.25) is 0 Å². The number of rotatable bonds is 3. The van der Waals surface area contributed by atoms with Crippen molar-refractivity contribution in [3.05, 3.63) is 45.6 Å².